The summed E-state index contributed by atoms with van der Waals surface area (Å²) < 4.78 is 4.91. The van der Waals surface area contributed by atoms with Crippen molar-refractivity contribution in [1.82, 2.24) is 0 Å². The van der Waals surface area contributed by atoms with Crippen LogP contribution in [0.25, 0.3) is 0 Å². The zero-order chi connectivity index (χ0) is 10.0. The average Bonchev–Trinajstić information content (AvgIpc) is 2.26. The van der Waals surface area contributed by atoms with Crippen LogP contribution in [0.15, 0.2) is 11.6 Å². The predicted molar refractivity (Wildman–Crippen MR) is 45.1 cm³/mol. The van der Waals surface area contributed by atoms with Gasteiger partial charge in [-0.2, -0.15) is 0 Å². The predicted octanol–water partition coefficient (Wildman–Crippen LogP) is 0.969. The maximum absolute atomic E-state index is 11.1. The fourth-order valence-corrected chi connectivity index (χ4v) is 1.52. The first-order valence-electron chi connectivity index (χ1n) is 4.15. The summed E-state index contributed by atoms with van der Waals surface area (Å²) in [5.74, 6) is -1.59. The van der Waals surface area contributed by atoms with Gasteiger partial charge in [0.25, 0.3) is 0 Å². The number of aliphatic carboxylic acids is 1. The van der Waals surface area contributed by atoms with Gasteiger partial charge < -0.3 is 9.84 Å². The minimum Gasteiger partial charge on any atom is -0.481 e. The highest BCUT2D eigenvalue weighted by Crippen LogP contribution is 2.30. The molecule has 13 heavy (non-hydrogen) atoms. The Morgan fingerprint density at radius 3 is 2.77 bits per heavy atom. The monoisotopic (exact) mass is 184 g/mol. The van der Waals surface area contributed by atoms with E-state index < -0.39 is 5.97 Å². The van der Waals surface area contributed by atoms with Crippen LogP contribution in [-0.4, -0.2) is 23.1 Å². The third kappa shape index (κ3) is 1.88. The molecule has 1 heterocycles. The summed E-state index contributed by atoms with van der Waals surface area (Å²) in [6.45, 7) is 3.42. The lowest BCUT2D eigenvalue weighted by molar-refractivity contribution is -0.141. The fraction of sp³-hybridized carbons (Fsp3) is 0.556. The molecule has 1 N–H and O–H groups in total. The zero-order valence-electron chi connectivity index (χ0n) is 7.61. The Balaban J connectivity index is 2.81. The van der Waals surface area contributed by atoms with Gasteiger partial charge in [0.1, 0.15) is 6.10 Å². The van der Waals surface area contributed by atoms with Gasteiger partial charge in [-0.25, -0.2) is 4.79 Å². The maximum Gasteiger partial charge on any atom is 0.334 e. The minimum absolute atomic E-state index is 0.0490. The molecule has 1 saturated heterocycles. The highest BCUT2D eigenvalue weighted by atomic mass is 16.5. The van der Waals surface area contributed by atoms with Gasteiger partial charge in [-0.3, -0.25) is 4.79 Å². The van der Waals surface area contributed by atoms with Crippen molar-refractivity contribution in [3.8, 4) is 0 Å². The van der Waals surface area contributed by atoms with Crippen molar-refractivity contribution in [2.24, 2.45) is 5.92 Å². The summed E-state index contributed by atoms with van der Waals surface area (Å²) in [5, 5.41) is 8.60. The van der Waals surface area contributed by atoms with E-state index in [1.165, 1.54) is 0 Å². The molecule has 0 aromatic rings. The van der Waals surface area contributed by atoms with Crippen LogP contribution >= 0.6 is 0 Å². The van der Waals surface area contributed by atoms with Gasteiger partial charge >= 0.3 is 11.9 Å². The molecule has 1 rings (SSSR count). The van der Waals surface area contributed by atoms with Crippen molar-refractivity contribution in [2.75, 3.05) is 0 Å². The lowest BCUT2D eigenvalue weighted by atomic mass is 9.93. The Hall–Kier alpha value is -1.32. The number of carboxylic acids is 1. The van der Waals surface area contributed by atoms with Gasteiger partial charge in [-0.05, 0) is 13.8 Å². The Labute approximate surface area is 76.2 Å². The summed E-state index contributed by atoms with van der Waals surface area (Å²) >= 11 is 0. The average molecular weight is 184 g/mol. The van der Waals surface area contributed by atoms with Crippen LogP contribution in [0.4, 0.5) is 0 Å². The number of carboxylic acid groups (broad SMARTS) is 1. The number of rotatable bonds is 2. The standard InChI is InChI=1S/C9H12O4/c1-3-6-7(4-8(10)11)5(2)13-9(6)12/h3,5,7H,4H2,1-2H3,(H,10,11)/b6-3-/t5-,7-/m0/s1. The number of esters is 1. The van der Waals surface area contributed by atoms with E-state index in [2.05, 4.69) is 0 Å². The number of hydrogen-bond acceptors (Lipinski definition) is 3. The summed E-state index contributed by atoms with van der Waals surface area (Å²) in [5.41, 5.74) is 0.481. The van der Waals surface area contributed by atoms with E-state index in [4.69, 9.17) is 9.84 Å². The molecule has 0 aliphatic carbocycles. The second-order valence-corrected chi connectivity index (χ2v) is 3.06. The Morgan fingerprint density at radius 1 is 1.69 bits per heavy atom. The number of hydrogen-bond donors (Lipinski definition) is 1. The fourth-order valence-electron chi connectivity index (χ4n) is 1.52. The quantitative estimate of drug-likeness (QED) is 0.513. The molecule has 1 fully saturated rings. The molecular weight excluding hydrogens is 172 g/mol. The van der Waals surface area contributed by atoms with Crippen molar-refractivity contribution in [1.29, 1.82) is 0 Å². The Bertz CT molecular complexity index is 267. The molecule has 72 valence electrons. The topological polar surface area (TPSA) is 63.6 Å². The van der Waals surface area contributed by atoms with E-state index in [0.717, 1.165) is 0 Å². The van der Waals surface area contributed by atoms with Gasteiger partial charge in [0.2, 0.25) is 0 Å². The SMILES string of the molecule is C/C=C1\C(=O)O[C@@H](C)[C@@H]1CC(=O)O. The van der Waals surface area contributed by atoms with Crippen LogP contribution in [0.3, 0.4) is 0 Å². The zero-order valence-corrected chi connectivity index (χ0v) is 7.61. The Morgan fingerprint density at radius 2 is 2.31 bits per heavy atom. The van der Waals surface area contributed by atoms with Crippen LogP contribution in [0.2, 0.25) is 0 Å². The molecule has 1 aliphatic heterocycles. The first-order valence-corrected chi connectivity index (χ1v) is 4.15. The second kappa shape index (κ2) is 3.60. The van der Waals surface area contributed by atoms with Gasteiger partial charge in [0.15, 0.2) is 0 Å². The summed E-state index contributed by atoms with van der Waals surface area (Å²) in [6.07, 6.45) is 1.25. The van der Waals surface area contributed by atoms with E-state index in [0.29, 0.717) is 5.57 Å². The van der Waals surface area contributed by atoms with Crippen LogP contribution < -0.4 is 0 Å². The smallest absolute Gasteiger partial charge is 0.334 e. The first kappa shape index (κ1) is 9.77. The number of ether oxygens (including phenoxy) is 1. The molecule has 0 bridgehead atoms. The van der Waals surface area contributed by atoms with Crippen LogP contribution in [0.1, 0.15) is 20.3 Å². The van der Waals surface area contributed by atoms with E-state index >= 15 is 0 Å². The lowest BCUT2D eigenvalue weighted by Crippen LogP contribution is -2.16. The third-order valence-corrected chi connectivity index (χ3v) is 2.20. The van der Waals surface area contributed by atoms with Crippen LogP contribution in [-0.2, 0) is 14.3 Å². The van der Waals surface area contributed by atoms with E-state index in [-0.39, 0.29) is 24.4 Å². The van der Waals surface area contributed by atoms with E-state index in [1.807, 2.05) is 0 Å². The summed E-state index contributed by atoms with van der Waals surface area (Å²) in [7, 11) is 0. The molecule has 1 aliphatic rings. The number of cyclic esters (lactones) is 1. The summed E-state index contributed by atoms with van der Waals surface area (Å²) in [6, 6.07) is 0. The van der Waals surface area contributed by atoms with Gasteiger partial charge in [-0.15, -0.1) is 0 Å². The number of carbonyl (C=O) groups excluding carboxylic acids is 1. The second-order valence-electron chi connectivity index (χ2n) is 3.06. The van der Waals surface area contributed by atoms with Crippen molar-refractivity contribution in [3.63, 3.8) is 0 Å². The third-order valence-electron chi connectivity index (χ3n) is 2.20. The largest absolute Gasteiger partial charge is 0.481 e. The molecule has 0 amide bonds. The van der Waals surface area contributed by atoms with Crippen LogP contribution in [0, 0.1) is 5.92 Å². The molecule has 0 saturated carbocycles. The number of carbonyl (C=O) groups is 2. The van der Waals surface area contributed by atoms with Gasteiger partial charge in [-0.1, -0.05) is 6.08 Å². The maximum atomic E-state index is 11.1. The highest BCUT2D eigenvalue weighted by molar-refractivity contribution is 5.92. The van der Waals surface area contributed by atoms with Crippen molar-refractivity contribution in [2.45, 2.75) is 26.4 Å². The summed E-state index contributed by atoms with van der Waals surface area (Å²) in [4.78, 5) is 21.6. The molecule has 2 atom stereocenters. The van der Waals surface area contributed by atoms with E-state index in [9.17, 15) is 9.59 Å². The Kier molecular flexibility index (Phi) is 2.70. The van der Waals surface area contributed by atoms with Gasteiger partial charge in [0, 0.05) is 11.5 Å². The molecule has 0 spiro atoms. The van der Waals surface area contributed by atoms with E-state index in [1.54, 1.807) is 19.9 Å². The molecular formula is C9H12O4. The normalized spacial score (nSPS) is 30.6. The molecule has 4 heteroatoms. The molecule has 0 aromatic carbocycles. The van der Waals surface area contributed by atoms with Crippen LogP contribution in [0.5, 0.6) is 0 Å². The highest BCUT2D eigenvalue weighted by Gasteiger charge is 2.37. The first-order chi connectivity index (χ1) is 6.06. The lowest BCUT2D eigenvalue weighted by Gasteiger charge is -2.09. The van der Waals surface area contributed by atoms with Crippen molar-refractivity contribution < 1.29 is 19.4 Å². The number of allylic oxidation sites excluding steroid dienone is 1. The minimum atomic E-state index is -0.908. The molecule has 4 nitrogen and oxygen atoms in total. The molecule has 0 radical (unpaired) electrons. The van der Waals surface area contributed by atoms with Gasteiger partial charge in [0.05, 0.1) is 6.42 Å². The molecule has 0 aromatic heterocycles. The van der Waals surface area contributed by atoms with Crippen molar-refractivity contribution >= 4 is 11.9 Å². The van der Waals surface area contributed by atoms with Crippen molar-refractivity contribution in [3.05, 3.63) is 11.6 Å². The molecule has 0 unspecified atom stereocenters.